The lowest BCUT2D eigenvalue weighted by molar-refractivity contribution is 0.587. The molecule has 0 fully saturated rings. The third kappa shape index (κ3) is 5.38. The predicted octanol–water partition coefficient (Wildman–Crippen LogP) is 2.42. The molecule has 0 saturated heterocycles. The molecule has 3 rings (SSSR count). The van der Waals surface area contributed by atoms with E-state index in [0.717, 1.165) is 22.1 Å². The van der Waals surface area contributed by atoms with Gasteiger partial charge in [0.2, 0.25) is 10.0 Å². The number of hydrogen-bond donors (Lipinski definition) is 1. The smallest absolute Gasteiger partial charge is 0.211 e. The Bertz CT molecular complexity index is 960. The van der Waals surface area contributed by atoms with Crippen molar-refractivity contribution < 1.29 is 8.42 Å². The van der Waals surface area contributed by atoms with Crippen LogP contribution in [0.2, 0.25) is 0 Å². The van der Waals surface area contributed by atoms with Gasteiger partial charge in [-0.25, -0.2) is 13.1 Å². The fraction of sp³-hybridized carbons (Fsp3) is 0.278. The van der Waals surface area contributed by atoms with Crippen LogP contribution in [0.15, 0.2) is 60.0 Å². The van der Waals surface area contributed by atoms with Gasteiger partial charge in [0.1, 0.15) is 0 Å². The lowest BCUT2D eigenvalue weighted by atomic mass is 10.2. The number of sulfonamides is 1. The van der Waals surface area contributed by atoms with E-state index in [1.807, 2.05) is 34.9 Å². The molecule has 1 N–H and O–H groups in total. The van der Waals surface area contributed by atoms with Crippen molar-refractivity contribution in [1.82, 2.24) is 24.5 Å². The molecule has 7 nitrogen and oxygen atoms in total. The third-order valence-electron chi connectivity index (χ3n) is 3.92. The number of benzene rings is 1. The molecule has 0 aliphatic rings. The summed E-state index contributed by atoms with van der Waals surface area (Å²) in [4.78, 5) is 4.17. The highest BCUT2D eigenvalue weighted by Gasteiger charge is 2.15. The number of nitrogens with zero attached hydrogens (tertiary/aromatic N) is 4. The van der Waals surface area contributed by atoms with Crippen molar-refractivity contribution >= 4 is 21.8 Å². The maximum absolute atomic E-state index is 11.5. The Kier molecular flexibility index (Phi) is 6.59. The second-order valence-electron chi connectivity index (χ2n) is 5.84. The Balaban J connectivity index is 1.80. The van der Waals surface area contributed by atoms with Crippen LogP contribution in [0.1, 0.15) is 12.0 Å². The first-order chi connectivity index (χ1) is 13.1. The van der Waals surface area contributed by atoms with E-state index in [1.165, 1.54) is 18.8 Å². The standard InChI is InChI=1S/C18H21N5O2S2/c1-19-27(24,25)12-6-11-26-18-22-21-17(16-9-5-10-20-13-16)23(18)14-15-7-3-2-4-8-15/h2-5,7-10,13,19H,6,11-12,14H2,1H3. The van der Waals surface area contributed by atoms with Gasteiger partial charge in [-0.2, -0.15) is 0 Å². The highest BCUT2D eigenvalue weighted by Crippen LogP contribution is 2.25. The number of pyridine rings is 1. The molecule has 0 aliphatic heterocycles. The van der Waals surface area contributed by atoms with Gasteiger partial charge in [-0.05, 0) is 31.2 Å². The molecule has 0 spiro atoms. The summed E-state index contributed by atoms with van der Waals surface area (Å²) in [6.45, 7) is 0.634. The van der Waals surface area contributed by atoms with Crippen LogP contribution in [0, 0.1) is 0 Å². The number of hydrogen-bond acceptors (Lipinski definition) is 6. The van der Waals surface area contributed by atoms with Crippen molar-refractivity contribution in [2.24, 2.45) is 0 Å². The molecule has 0 bridgehead atoms. The van der Waals surface area contributed by atoms with E-state index in [9.17, 15) is 8.42 Å². The van der Waals surface area contributed by atoms with Crippen LogP contribution in [0.3, 0.4) is 0 Å². The molecule has 0 amide bonds. The fourth-order valence-corrected chi connectivity index (χ4v) is 4.31. The minimum Gasteiger partial charge on any atom is -0.298 e. The van der Waals surface area contributed by atoms with E-state index < -0.39 is 10.0 Å². The first kappa shape index (κ1) is 19.5. The monoisotopic (exact) mass is 403 g/mol. The second kappa shape index (κ2) is 9.12. The zero-order valence-electron chi connectivity index (χ0n) is 14.9. The zero-order valence-corrected chi connectivity index (χ0v) is 16.6. The van der Waals surface area contributed by atoms with Crippen molar-refractivity contribution in [3.8, 4) is 11.4 Å². The molecule has 0 saturated carbocycles. The van der Waals surface area contributed by atoms with Gasteiger partial charge in [0.25, 0.3) is 0 Å². The Morgan fingerprint density at radius 2 is 1.93 bits per heavy atom. The summed E-state index contributed by atoms with van der Waals surface area (Å²) in [5.74, 6) is 1.48. The summed E-state index contributed by atoms with van der Waals surface area (Å²) in [5.41, 5.74) is 2.03. The normalized spacial score (nSPS) is 11.6. The molecule has 27 heavy (non-hydrogen) atoms. The molecular weight excluding hydrogens is 382 g/mol. The van der Waals surface area contributed by atoms with E-state index in [0.29, 0.717) is 18.7 Å². The van der Waals surface area contributed by atoms with Crippen LogP contribution in [0.25, 0.3) is 11.4 Å². The molecule has 3 aromatic rings. The molecule has 0 aliphatic carbocycles. The number of nitrogens with one attached hydrogen (secondary N) is 1. The summed E-state index contributed by atoms with van der Waals surface area (Å²) >= 11 is 1.51. The van der Waals surface area contributed by atoms with E-state index in [-0.39, 0.29) is 5.75 Å². The summed E-state index contributed by atoms with van der Waals surface area (Å²) < 4.78 is 27.5. The summed E-state index contributed by atoms with van der Waals surface area (Å²) in [7, 11) is -1.76. The molecule has 1 aromatic carbocycles. The number of rotatable bonds is 9. The van der Waals surface area contributed by atoms with Gasteiger partial charge >= 0.3 is 0 Å². The molecule has 2 aromatic heterocycles. The van der Waals surface area contributed by atoms with Gasteiger partial charge in [0, 0.05) is 23.7 Å². The molecule has 2 heterocycles. The van der Waals surface area contributed by atoms with Crippen molar-refractivity contribution in [3.05, 3.63) is 60.4 Å². The minimum atomic E-state index is -3.18. The average Bonchev–Trinajstić information content (AvgIpc) is 3.09. The highest BCUT2D eigenvalue weighted by molar-refractivity contribution is 7.99. The maximum Gasteiger partial charge on any atom is 0.211 e. The van der Waals surface area contributed by atoms with Crippen molar-refractivity contribution in [3.63, 3.8) is 0 Å². The van der Waals surface area contributed by atoms with Crippen LogP contribution >= 0.6 is 11.8 Å². The number of thioether (sulfide) groups is 1. The van der Waals surface area contributed by atoms with Gasteiger partial charge in [-0.15, -0.1) is 10.2 Å². The quantitative estimate of drug-likeness (QED) is 0.436. The Morgan fingerprint density at radius 3 is 2.63 bits per heavy atom. The molecule has 0 radical (unpaired) electrons. The lowest BCUT2D eigenvalue weighted by Crippen LogP contribution is -2.22. The molecule has 9 heteroatoms. The van der Waals surface area contributed by atoms with Crippen molar-refractivity contribution in [1.29, 1.82) is 0 Å². The Hall–Kier alpha value is -2.23. The summed E-state index contributed by atoms with van der Waals surface area (Å²) in [6, 6.07) is 13.9. The summed E-state index contributed by atoms with van der Waals surface area (Å²) in [6.07, 6.45) is 4.02. The van der Waals surface area contributed by atoms with E-state index >= 15 is 0 Å². The van der Waals surface area contributed by atoms with Crippen molar-refractivity contribution in [2.75, 3.05) is 18.6 Å². The lowest BCUT2D eigenvalue weighted by Gasteiger charge is -2.10. The van der Waals surface area contributed by atoms with Crippen LogP contribution in [-0.2, 0) is 16.6 Å². The molecular formula is C18H21N5O2S2. The average molecular weight is 404 g/mol. The number of aromatic nitrogens is 4. The van der Waals surface area contributed by atoms with E-state index in [2.05, 4.69) is 32.0 Å². The SMILES string of the molecule is CNS(=O)(=O)CCCSc1nnc(-c2cccnc2)n1Cc1ccccc1. The fourth-order valence-electron chi connectivity index (χ4n) is 2.53. The van der Waals surface area contributed by atoms with Crippen molar-refractivity contribution in [2.45, 2.75) is 18.1 Å². The first-order valence-corrected chi connectivity index (χ1v) is 11.1. The van der Waals surface area contributed by atoms with Crippen LogP contribution in [-0.4, -0.2) is 46.7 Å². The Morgan fingerprint density at radius 1 is 1.11 bits per heavy atom. The zero-order chi connectivity index (χ0) is 19.1. The van der Waals surface area contributed by atoms with Crippen LogP contribution in [0.5, 0.6) is 0 Å². The van der Waals surface area contributed by atoms with E-state index in [4.69, 9.17) is 0 Å². The van der Waals surface area contributed by atoms with Gasteiger partial charge in [-0.1, -0.05) is 42.1 Å². The highest BCUT2D eigenvalue weighted by atomic mass is 32.2. The summed E-state index contributed by atoms with van der Waals surface area (Å²) in [5, 5.41) is 9.44. The van der Waals surface area contributed by atoms with Crippen LogP contribution in [0.4, 0.5) is 0 Å². The van der Waals surface area contributed by atoms with E-state index in [1.54, 1.807) is 12.4 Å². The third-order valence-corrected chi connectivity index (χ3v) is 6.42. The maximum atomic E-state index is 11.5. The predicted molar refractivity (Wildman–Crippen MR) is 107 cm³/mol. The molecule has 0 atom stereocenters. The van der Waals surface area contributed by atoms with Gasteiger partial charge < -0.3 is 0 Å². The van der Waals surface area contributed by atoms with Gasteiger partial charge in [0.15, 0.2) is 11.0 Å². The topological polar surface area (TPSA) is 89.8 Å². The minimum absolute atomic E-state index is 0.0960. The Labute approximate surface area is 163 Å². The second-order valence-corrected chi connectivity index (χ2v) is 8.95. The van der Waals surface area contributed by atoms with Gasteiger partial charge in [-0.3, -0.25) is 9.55 Å². The molecule has 142 valence electrons. The largest absolute Gasteiger partial charge is 0.298 e. The molecule has 0 unspecified atom stereocenters. The first-order valence-electron chi connectivity index (χ1n) is 8.50. The van der Waals surface area contributed by atoms with Crippen LogP contribution < -0.4 is 4.72 Å². The van der Waals surface area contributed by atoms with Gasteiger partial charge in [0.05, 0.1) is 12.3 Å².